The summed E-state index contributed by atoms with van der Waals surface area (Å²) in [7, 11) is 0. The first-order valence-corrected chi connectivity index (χ1v) is 7.74. The molecule has 1 aromatic heterocycles. The van der Waals surface area contributed by atoms with Crippen LogP contribution in [0, 0.1) is 0 Å². The molecule has 0 saturated heterocycles. The molecule has 0 aliphatic rings. The lowest BCUT2D eigenvalue weighted by molar-refractivity contribution is 0.584. The van der Waals surface area contributed by atoms with E-state index < -0.39 is 0 Å². The summed E-state index contributed by atoms with van der Waals surface area (Å²) in [6.07, 6.45) is 0. The predicted molar refractivity (Wildman–Crippen MR) is 92.7 cm³/mol. The van der Waals surface area contributed by atoms with E-state index in [1.54, 1.807) is 18.2 Å². The fourth-order valence-electron chi connectivity index (χ4n) is 2.41. The zero-order chi connectivity index (χ0) is 15.8. The molecule has 0 saturated carbocycles. The Labute approximate surface area is 142 Å². The summed E-state index contributed by atoms with van der Waals surface area (Å²) in [5.74, 6) is 0.878. The topological polar surface area (TPSA) is 38.9 Å². The van der Waals surface area contributed by atoms with Crippen molar-refractivity contribution in [2.45, 2.75) is 0 Å². The van der Waals surface area contributed by atoms with Gasteiger partial charge in [-0.1, -0.05) is 53.5 Å². The standard InChI is InChI=1S/C18H10Cl2N2O/c19-15-8-7-14(10-16(15)20)18-22-21-17(23-18)13-6-5-11-3-1-2-4-12(11)9-13/h1-10H. The molecule has 1 heterocycles. The maximum atomic E-state index is 6.03. The maximum Gasteiger partial charge on any atom is 0.248 e. The summed E-state index contributed by atoms with van der Waals surface area (Å²) in [6, 6.07) is 19.4. The minimum absolute atomic E-state index is 0.409. The monoisotopic (exact) mass is 340 g/mol. The van der Waals surface area contributed by atoms with Crippen LogP contribution in [0.4, 0.5) is 0 Å². The Morgan fingerprint density at radius 3 is 2.04 bits per heavy atom. The molecular weight excluding hydrogens is 331 g/mol. The van der Waals surface area contributed by atoms with Gasteiger partial charge in [0, 0.05) is 11.1 Å². The Morgan fingerprint density at radius 2 is 1.30 bits per heavy atom. The van der Waals surface area contributed by atoms with Gasteiger partial charge in [0.05, 0.1) is 10.0 Å². The highest BCUT2D eigenvalue weighted by molar-refractivity contribution is 6.42. The van der Waals surface area contributed by atoms with E-state index in [-0.39, 0.29) is 0 Å². The SMILES string of the molecule is Clc1ccc(-c2nnc(-c3ccc4ccccc4c3)o2)cc1Cl. The third kappa shape index (κ3) is 2.69. The van der Waals surface area contributed by atoms with E-state index in [1.807, 2.05) is 30.3 Å². The van der Waals surface area contributed by atoms with Crippen molar-refractivity contribution in [1.82, 2.24) is 10.2 Å². The van der Waals surface area contributed by atoms with Gasteiger partial charge in [-0.15, -0.1) is 10.2 Å². The lowest BCUT2D eigenvalue weighted by atomic mass is 10.1. The summed E-state index contributed by atoms with van der Waals surface area (Å²) in [5.41, 5.74) is 1.61. The second-order valence-electron chi connectivity index (χ2n) is 5.10. The summed E-state index contributed by atoms with van der Waals surface area (Å²) in [5, 5.41) is 11.5. The zero-order valence-electron chi connectivity index (χ0n) is 11.8. The van der Waals surface area contributed by atoms with Gasteiger partial charge in [-0.3, -0.25) is 0 Å². The molecule has 0 amide bonds. The van der Waals surface area contributed by atoms with Crippen LogP contribution in [0.15, 0.2) is 65.1 Å². The first-order valence-electron chi connectivity index (χ1n) is 6.99. The summed E-state index contributed by atoms with van der Waals surface area (Å²) < 4.78 is 5.78. The van der Waals surface area contributed by atoms with Gasteiger partial charge >= 0.3 is 0 Å². The number of aromatic nitrogens is 2. The molecule has 112 valence electrons. The second kappa shape index (κ2) is 5.69. The number of nitrogens with zero attached hydrogens (tertiary/aromatic N) is 2. The summed E-state index contributed by atoms with van der Waals surface area (Å²) in [4.78, 5) is 0. The van der Waals surface area contributed by atoms with Gasteiger partial charge < -0.3 is 4.42 Å². The Balaban J connectivity index is 1.75. The van der Waals surface area contributed by atoms with Crippen LogP contribution >= 0.6 is 23.2 Å². The van der Waals surface area contributed by atoms with Gasteiger partial charge in [-0.05, 0) is 41.1 Å². The van der Waals surface area contributed by atoms with Gasteiger partial charge in [0.15, 0.2) is 0 Å². The smallest absolute Gasteiger partial charge is 0.248 e. The van der Waals surface area contributed by atoms with Crippen LogP contribution in [0.5, 0.6) is 0 Å². The lowest BCUT2D eigenvalue weighted by Gasteiger charge is -2.00. The zero-order valence-corrected chi connectivity index (χ0v) is 13.3. The van der Waals surface area contributed by atoms with Crippen molar-refractivity contribution in [2.75, 3.05) is 0 Å². The van der Waals surface area contributed by atoms with Crippen LogP contribution < -0.4 is 0 Å². The Kier molecular flexibility index (Phi) is 3.52. The van der Waals surface area contributed by atoms with Crippen molar-refractivity contribution >= 4 is 34.0 Å². The third-order valence-electron chi connectivity index (χ3n) is 3.59. The lowest BCUT2D eigenvalue weighted by Crippen LogP contribution is -1.79. The first-order chi connectivity index (χ1) is 11.2. The number of halogens is 2. The van der Waals surface area contributed by atoms with E-state index in [9.17, 15) is 0 Å². The molecule has 0 atom stereocenters. The quantitative estimate of drug-likeness (QED) is 0.458. The highest BCUT2D eigenvalue weighted by atomic mass is 35.5. The number of rotatable bonds is 2. The predicted octanol–water partition coefficient (Wildman–Crippen LogP) is 5.86. The van der Waals surface area contributed by atoms with Crippen molar-refractivity contribution in [3.8, 4) is 22.9 Å². The van der Waals surface area contributed by atoms with Gasteiger partial charge in [-0.25, -0.2) is 0 Å². The van der Waals surface area contributed by atoms with Crippen LogP contribution in [0.1, 0.15) is 0 Å². The molecule has 3 aromatic carbocycles. The minimum atomic E-state index is 0.409. The molecule has 0 N–H and O–H groups in total. The molecule has 3 nitrogen and oxygen atoms in total. The molecule has 0 bridgehead atoms. The van der Waals surface area contributed by atoms with E-state index in [2.05, 4.69) is 22.3 Å². The fourth-order valence-corrected chi connectivity index (χ4v) is 2.71. The van der Waals surface area contributed by atoms with E-state index in [1.165, 1.54) is 5.39 Å². The highest BCUT2D eigenvalue weighted by Crippen LogP contribution is 2.30. The Bertz CT molecular complexity index is 1010. The molecule has 4 aromatic rings. The molecule has 5 heteroatoms. The molecule has 0 unspecified atom stereocenters. The molecule has 23 heavy (non-hydrogen) atoms. The summed E-state index contributed by atoms with van der Waals surface area (Å²) >= 11 is 12.0. The summed E-state index contributed by atoms with van der Waals surface area (Å²) in [6.45, 7) is 0. The van der Waals surface area contributed by atoms with Gasteiger partial charge in [-0.2, -0.15) is 0 Å². The Hall–Kier alpha value is -2.36. The number of hydrogen-bond donors (Lipinski definition) is 0. The van der Waals surface area contributed by atoms with Crippen molar-refractivity contribution in [2.24, 2.45) is 0 Å². The first kappa shape index (κ1) is 14.2. The van der Waals surface area contributed by atoms with Gasteiger partial charge in [0.2, 0.25) is 11.8 Å². The van der Waals surface area contributed by atoms with Crippen molar-refractivity contribution in [3.63, 3.8) is 0 Å². The van der Waals surface area contributed by atoms with E-state index in [0.29, 0.717) is 21.8 Å². The molecule has 0 radical (unpaired) electrons. The molecular formula is C18H10Cl2N2O. The van der Waals surface area contributed by atoms with Crippen molar-refractivity contribution in [1.29, 1.82) is 0 Å². The average molecular weight is 341 g/mol. The largest absolute Gasteiger partial charge is 0.416 e. The normalized spacial score (nSPS) is 11.0. The number of fused-ring (bicyclic) bond motifs is 1. The van der Waals surface area contributed by atoms with E-state index in [4.69, 9.17) is 27.6 Å². The van der Waals surface area contributed by atoms with Gasteiger partial charge in [0.1, 0.15) is 0 Å². The molecule has 0 fully saturated rings. The number of hydrogen-bond acceptors (Lipinski definition) is 3. The van der Waals surface area contributed by atoms with E-state index in [0.717, 1.165) is 16.5 Å². The number of benzene rings is 3. The molecule has 0 spiro atoms. The van der Waals surface area contributed by atoms with E-state index >= 15 is 0 Å². The Morgan fingerprint density at radius 1 is 0.652 bits per heavy atom. The average Bonchev–Trinajstić information content (AvgIpc) is 3.07. The highest BCUT2D eigenvalue weighted by Gasteiger charge is 2.12. The minimum Gasteiger partial charge on any atom is -0.416 e. The van der Waals surface area contributed by atoms with Gasteiger partial charge in [0.25, 0.3) is 0 Å². The third-order valence-corrected chi connectivity index (χ3v) is 4.33. The van der Waals surface area contributed by atoms with Crippen LogP contribution in [-0.2, 0) is 0 Å². The molecule has 4 rings (SSSR count). The van der Waals surface area contributed by atoms with Crippen molar-refractivity contribution < 1.29 is 4.42 Å². The van der Waals surface area contributed by atoms with Crippen LogP contribution in [-0.4, -0.2) is 10.2 Å². The van der Waals surface area contributed by atoms with Crippen molar-refractivity contribution in [3.05, 3.63) is 70.7 Å². The fraction of sp³-hybridized carbons (Fsp3) is 0. The van der Waals surface area contributed by atoms with Crippen LogP contribution in [0.25, 0.3) is 33.7 Å². The van der Waals surface area contributed by atoms with Crippen LogP contribution in [0.3, 0.4) is 0 Å². The second-order valence-corrected chi connectivity index (χ2v) is 5.92. The maximum absolute atomic E-state index is 6.03. The molecule has 0 aliphatic heterocycles. The van der Waals surface area contributed by atoms with Crippen LogP contribution in [0.2, 0.25) is 10.0 Å². The molecule has 0 aliphatic carbocycles.